The summed E-state index contributed by atoms with van der Waals surface area (Å²) in [5.41, 5.74) is 8.98. The lowest BCUT2D eigenvalue weighted by Gasteiger charge is -2.10. The number of amides is 1. The SMILES string of the molecule is Cc1cc(OCC(=O)O)c2c3c(C(N)=O)cccc3n(Cc3cccc(F)c3)c2c1. The van der Waals surface area contributed by atoms with Gasteiger partial charge in [-0.25, -0.2) is 9.18 Å². The van der Waals surface area contributed by atoms with Crippen LogP contribution in [-0.2, 0) is 11.3 Å². The fourth-order valence-electron chi connectivity index (χ4n) is 3.80. The fourth-order valence-corrected chi connectivity index (χ4v) is 3.80. The molecule has 3 aromatic carbocycles. The van der Waals surface area contributed by atoms with Gasteiger partial charge in [-0.1, -0.05) is 18.2 Å². The molecule has 0 bridgehead atoms. The number of rotatable bonds is 6. The van der Waals surface area contributed by atoms with Crippen molar-refractivity contribution in [1.82, 2.24) is 4.57 Å². The van der Waals surface area contributed by atoms with Crippen molar-refractivity contribution >= 4 is 33.7 Å². The molecule has 0 atom stereocenters. The monoisotopic (exact) mass is 406 g/mol. The van der Waals surface area contributed by atoms with Gasteiger partial charge in [0, 0.05) is 17.5 Å². The molecule has 0 radical (unpaired) electrons. The zero-order valence-electron chi connectivity index (χ0n) is 16.2. The molecule has 1 amide bonds. The summed E-state index contributed by atoms with van der Waals surface area (Å²) in [5, 5.41) is 10.2. The smallest absolute Gasteiger partial charge is 0.341 e. The predicted octanol–water partition coefficient (Wildman–Crippen LogP) is 3.85. The summed E-state index contributed by atoms with van der Waals surface area (Å²) in [7, 11) is 0. The summed E-state index contributed by atoms with van der Waals surface area (Å²) in [5.74, 6) is -1.70. The number of carboxylic acid groups (broad SMARTS) is 1. The summed E-state index contributed by atoms with van der Waals surface area (Å²) in [6, 6.07) is 15.1. The minimum Gasteiger partial charge on any atom is -0.481 e. The van der Waals surface area contributed by atoms with Gasteiger partial charge in [-0.3, -0.25) is 4.79 Å². The molecule has 4 rings (SSSR count). The number of hydrogen-bond donors (Lipinski definition) is 2. The molecule has 6 nitrogen and oxygen atoms in total. The second-order valence-electron chi connectivity index (χ2n) is 7.12. The average Bonchev–Trinajstić information content (AvgIpc) is 2.99. The molecule has 0 saturated carbocycles. The topological polar surface area (TPSA) is 94.6 Å². The van der Waals surface area contributed by atoms with Gasteiger partial charge in [0.1, 0.15) is 11.6 Å². The number of carboxylic acids is 1. The highest BCUT2D eigenvalue weighted by Gasteiger charge is 2.21. The van der Waals surface area contributed by atoms with Gasteiger partial charge in [-0.15, -0.1) is 0 Å². The van der Waals surface area contributed by atoms with Crippen LogP contribution < -0.4 is 10.5 Å². The Morgan fingerprint density at radius 1 is 1.07 bits per heavy atom. The Balaban J connectivity index is 2.06. The van der Waals surface area contributed by atoms with E-state index in [1.807, 2.05) is 29.7 Å². The molecule has 4 aromatic rings. The van der Waals surface area contributed by atoms with Crippen molar-refractivity contribution in [2.45, 2.75) is 13.5 Å². The third kappa shape index (κ3) is 3.45. The summed E-state index contributed by atoms with van der Waals surface area (Å²) in [6.07, 6.45) is 0. The number of nitrogens with zero attached hydrogens (tertiary/aromatic N) is 1. The molecule has 152 valence electrons. The van der Waals surface area contributed by atoms with Crippen LogP contribution >= 0.6 is 0 Å². The summed E-state index contributed by atoms with van der Waals surface area (Å²) >= 11 is 0. The van der Waals surface area contributed by atoms with Crippen LogP contribution in [0.2, 0.25) is 0 Å². The van der Waals surface area contributed by atoms with E-state index in [4.69, 9.17) is 15.6 Å². The average molecular weight is 406 g/mol. The molecule has 7 heteroatoms. The first-order valence-electron chi connectivity index (χ1n) is 9.29. The van der Waals surface area contributed by atoms with E-state index in [1.54, 1.807) is 24.3 Å². The molecule has 0 spiro atoms. The van der Waals surface area contributed by atoms with Crippen LogP contribution in [0.4, 0.5) is 4.39 Å². The first kappa shape index (κ1) is 19.4. The number of primary amides is 1. The van der Waals surface area contributed by atoms with Crippen LogP contribution in [0.5, 0.6) is 5.75 Å². The lowest BCUT2D eigenvalue weighted by atomic mass is 10.0. The summed E-state index contributed by atoms with van der Waals surface area (Å²) < 4.78 is 21.3. The number of aromatic nitrogens is 1. The predicted molar refractivity (Wildman–Crippen MR) is 111 cm³/mol. The largest absolute Gasteiger partial charge is 0.481 e. The Hall–Kier alpha value is -3.87. The van der Waals surface area contributed by atoms with E-state index in [1.165, 1.54) is 12.1 Å². The Morgan fingerprint density at radius 2 is 1.83 bits per heavy atom. The Morgan fingerprint density at radius 3 is 2.53 bits per heavy atom. The van der Waals surface area contributed by atoms with Gasteiger partial charge in [0.25, 0.3) is 0 Å². The van der Waals surface area contributed by atoms with Crippen LogP contribution in [0.3, 0.4) is 0 Å². The van der Waals surface area contributed by atoms with Crippen LogP contribution in [0.25, 0.3) is 21.8 Å². The van der Waals surface area contributed by atoms with Crippen molar-refractivity contribution in [3.63, 3.8) is 0 Å². The van der Waals surface area contributed by atoms with Crippen molar-refractivity contribution < 1.29 is 23.8 Å². The molecule has 30 heavy (non-hydrogen) atoms. The Bertz CT molecular complexity index is 1310. The van der Waals surface area contributed by atoms with Crippen LogP contribution in [0.15, 0.2) is 54.6 Å². The molecular formula is C23H19FN2O4. The van der Waals surface area contributed by atoms with E-state index in [2.05, 4.69) is 0 Å². The molecule has 0 unspecified atom stereocenters. The van der Waals surface area contributed by atoms with Crippen molar-refractivity contribution in [2.75, 3.05) is 6.61 Å². The molecule has 0 saturated heterocycles. The lowest BCUT2D eigenvalue weighted by molar-refractivity contribution is -0.139. The number of nitrogens with two attached hydrogens (primary N) is 1. The molecule has 0 aliphatic heterocycles. The number of benzene rings is 3. The number of carbonyl (C=O) groups excluding carboxylic acids is 1. The molecule has 1 heterocycles. The molecule has 3 N–H and O–H groups in total. The lowest BCUT2D eigenvalue weighted by Crippen LogP contribution is -2.11. The number of ether oxygens (including phenoxy) is 1. The van der Waals surface area contributed by atoms with Gasteiger partial charge >= 0.3 is 5.97 Å². The number of halogens is 1. The maximum Gasteiger partial charge on any atom is 0.341 e. The van der Waals surface area contributed by atoms with E-state index in [-0.39, 0.29) is 5.82 Å². The van der Waals surface area contributed by atoms with Crippen LogP contribution in [0, 0.1) is 12.7 Å². The quantitative estimate of drug-likeness (QED) is 0.508. The maximum atomic E-state index is 13.8. The third-order valence-electron chi connectivity index (χ3n) is 4.95. The van der Waals surface area contributed by atoms with Crippen molar-refractivity contribution in [3.05, 3.63) is 77.1 Å². The van der Waals surface area contributed by atoms with Crippen molar-refractivity contribution in [3.8, 4) is 5.75 Å². The van der Waals surface area contributed by atoms with Crippen molar-refractivity contribution in [1.29, 1.82) is 0 Å². The summed E-state index contributed by atoms with van der Waals surface area (Å²) in [4.78, 5) is 23.2. The van der Waals surface area contributed by atoms with E-state index >= 15 is 0 Å². The van der Waals surface area contributed by atoms with E-state index < -0.39 is 18.5 Å². The van der Waals surface area contributed by atoms with E-state index in [0.29, 0.717) is 28.6 Å². The van der Waals surface area contributed by atoms with Gasteiger partial charge < -0.3 is 20.1 Å². The molecular weight excluding hydrogens is 387 g/mol. The molecule has 0 aliphatic carbocycles. The molecule has 0 aliphatic rings. The van der Waals surface area contributed by atoms with E-state index in [9.17, 15) is 14.0 Å². The van der Waals surface area contributed by atoms with Gasteiger partial charge in [0.2, 0.25) is 5.91 Å². The Labute approximate surface area is 171 Å². The number of aliphatic carboxylic acids is 1. The first-order chi connectivity index (χ1) is 14.3. The van der Waals surface area contributed by atoms with E-state index in [0.717, 1.165) is 22.2 Å². The summed E-state index contributed by atoms with van der Waals surface area (Å²) in [6.45, 7) is 1.70. The normalized spacial score (nSPS) is 11.1. The van der Waals surface area contributed by atoms with Gasteiger partial charge in [0.15, 0.2) is 6.61 Å². The third-order valence-corrected chi connectivity index (χ3v) is 4.95. The standard InChI is InChI=1S/C23H19FN2O4/c1-13-8-18-22(19(9-13)30-12-20(27)28)21-16(23(25)29)6-3-7-17(21)26(18)11-14-4-2-5-15(24)10-14/h2-10H,11-12H2,1H3,(H2,25,29)(H,27,28). The number of hydrogen-bond acceptors (Lipinski definition) is 3. The second kappa shape index (κ2) is 7.51. The highest BCUT2D eigenvalue weighted by Crippen LogP contribution is 2.39. The van der Waals surface area contributed by atoms with Gasteiger partial charge in [-0.05, 0) is 54.4 Å². The number of aryl methyl sites for hydroxylation is 1. The van der Waals surface area contributed by atoms with Crippen LogP contribution in [-0.4, -0.2) is 28.2 Å². The zero-order valence-corrected chi connectivity index (χ0v) is 16.2. The minimum atomic E-state index is -1.11. The zero-order chi connectivity index (χ0) is 21.4. The highest BCUT2D eigenvalue weighted by atomic mass is 19.1. The fraction of sp³-hybridized carbons (Fsp3) is 0.130. The molecule has 1 aromatic heterocycles. The Kier molecular flexibility index (Phi) is 4.87. The first-order valence-corrected chi connectivity index (χ1v) is 9.29. The van der Waals surface area contributed by atoms with Gasteiger partial charge in [0.05, 0.1) is 16.4 Å². The minimum absolute atomic E-state index is 0.305. The van der Waals surface area contributed by atoms with Crippen molar-refractivity contribution in [2.24, 2.45) is 5.73 Å². The maximum absolute atomic E-state index is 13.8. The van der Waals surface area contributed by atoms with Gasteiger partial charge in [-0.2, -0.15) is 0 Å². The second-order valence-corrected chi connectivity index (χ2v) is 7.12. The number of carbonyl (C=O) groups is 2. The number of fused-ring (bicyclic) bond motifs is 3. The van der Waals surface area contributed by atoms with Crippen LogP contribution in [0.1, 0.15) is 21.5 Å². The highest BCUT2D eigenvalue weighted by molar-refractivity contribution is 6.19. The molecule has 0 fully saturated rings.